The number of esters is 1. The van der Waals surface area contributed by atoms with Gasteiger partial charge in [-0.25, -0.2) is 4.99 Å². The van der Waals surface area contributed by atoms with E-state index >= 15 is 0 Å². The van der Waals surface area contributed by atoms with Crippen molar-refractivity contribution in [3.8, 4) is 5.75 Å². The Morgan fingerprint density at radius 3 is 2.57 bits per heavy atom. The number of anilines is 1. The van der Waals surface area contributed by atoms with E-state index in [1.54, 1.807) is 24.3 Å². The third kappa shape index (κ3) is 5.09. The van der Waals surface area contributed by atoms with Gasteiger partial charge in [-0.3, -0.25) is 14.4 Å². The number of nitrogens with one attached hydrogen (secondary N) is 2. The minimum atomic E-state index is -0.322. The topological polar surface area (TPSA) is 98.9 Å². The predicted molar refractivity (Wildman–Crippen MR) is 161 cm³/mol. The summed E-state index contributed by atoms with van der Waals surface area (Å²) in [6, 6.07) is 8.83. The Morgan fingerprint density at radius 2 is 1.86 bits per heavy atom. The highest BCUT2D eigenvalue weighted by Crippen LogP contribution is 2.42. The Hall–Kier alpha value is -4.04. The number of hydrogen-bond donors (Lipinski definition) is 2. The van der Waals surface area contributed by atoms with E-state index < -0.39 is 0 Å². The van der Waals surface area contributed by atoms with Gasteiger partial charge in [-0.2, -0.15) is 0 Å². The van der Waals surface area contributed by atoms with Crippen LogP contribution in [0.2, 0.25) is 0 Å². The van der Waals surface area contributed by atoms with Gasteiger partial charge in [0, 0.05) is 42.9 Å². The van der Waals surface area contributed by atoms with Crippen molar-refractivity contribution in [3.05, 3.63) is 76.4 Å². The molecular weight excluding hydrogens is 530 g/mol. The molecule has 1 fully saturated rings. The molecule has 218 valence electrons. The summed E-state index contributed by atoms with van der Waals surface area (Å²) in [6.45, 7) is 11.5. The number of ketones is 2. The van der Waals surface area contributed by atoms with Crippen molar-refractivity contribution in [3.63, 3.8) is 0 Å². The molecule has 42 heavy (non-hydrogen) atoms. The van der Waals surface area contributed by atoms with Crippen LogP contribution in [0.5, 0.6) is 5.75 Å². The van der Waals surface area contributed by atoms with Crippen molar-refractivity contribution in [2.45, 2.75) is 46.6 Å². The second-order valence-corrected chi connectivity index (χ2v) is 12.4. The lowest BCUT2D eigenvalue weighted by Crippen LogP contribution is -2.72. The first kappa shape index (κ1) is 28.1. The molecule has 2 aliphatic carbocycles. The summed E-state index contributed by atoms with van der Waals surface area (Å²) in [4.78, 5) is 45.8. The number of carbonyl (C=O) groups excluding carboxylic acids is 3. The molecule has 2 N–H and O–H groups in total. The van der Waals surface area contributed by atoms with Gasteiger partial charge in [0.2, 0.25) is 17.6 Å². The molecule has 0 radical (unpaired) electrons. The molecule has 2 heterocycles. The Labute approximate surface area is 246 Å². The number of hydrogen-bond acceptors (Lipinski definition) is 7. The lowest BCUT2D eigenvalue weighted by atomic mass is 9.81. The maximum Gasteiger partial charge on any atom is 0.310 e. The number of allylic oxidation sites excluding steroid dienone is 2. The summed E-state index contributed by atoms with van der Waals surface area (Å²) in [6.07, 6.45) is 7.62. The van der Waals surface area contributed by atoms with E-state index in [0.717, 1.165) is 25.1 Å². The summed E-state index contributed by atoms with van der Waals surface area (Å²) < 4.78 is 11.8. The van der Waals surface area contributed by atoms with Gasteiger partial charge in [0.1, 0.15) is 5.56 Å². The van der Waals surface area contributed by atoms with Crippen LogP contribution in [0.3, 0.4) is 0 Å². The summed E-state index contributed by atoms with van der Waals surface area (Å²) in [5.74, 6) is -0.107. The van der Waals surface area contributed by atoms with Crippen LogP contribution in [0, 0.1) is 11.3 Å². The number of likely N-dealkylation sites (tertiary alicyclic amines) is 1. The number of rotatable bonds is 6. The average molecular weight is 569 g/mol. The second-order valence-electron chi connectivity index (χ2n) is 12.4. The van der Waals surface area contributed by atoms with E-state index in [2.05, 4.69) is 48.1 Å². The highest BCUT2D eigenvalue weighted by molar-refractivity contribution is 6.32. The minimum Gasteiger partial charge on any atom is -0.468 e. The Balaban J connectivity index is 1.33. The Kier molecular flexibility index (Phi) is 7.35. The highest BCUT2D eigenvalue weighted by Gasteiger charge is 2.41. The summed E-state index contributed by atoms with van der Waals surface area (Å²) in [5, 5.41) is 3.45. The van der Waals surface area contributed by atoms with E-state index in [-0.39, 0.29) is 35.0 Å². The molecule has 0 bridgehead atoms. The normalized spacial score (nSPS) is 21.2. The number of piperidine rings is 1. The largest absolute Gasteiger partial charge is 0.468 e. The van der Waals surface area contributed by atoms with Crippen LogP contribution in [0.4, 0.5) is 11.4 Å². The van der Waals surface area contributed by atoms with Crippen molar-refractivity contribution in [2.24, 2.45) is 11.3 Å². The molecule has 0 aromatic heterocycles. The quantitative estimate of drug-likeness (QED) is 0.439. The van der Waals surface area contributed by atoms with Crippen molar-refractivity contribution >= 4 is 34.6 Å². The fourth-order valence-corrected chi connectivity index (χ4v) is 6.26. The molecule has 1 unspecified atom stereocenters. The van der Waals surface area contributed by atoms with E-state index in [1.165, 1.54) is 5.57 Å². The van der Waals surface area contributed by atoms with Gasteiger partial charge >= 0.3 is 5.97 Å². The summed E-state index contributed by atoms with van der Waals surface area (Å²) in [7, 11) is 0. The van der Waals surface area contributed by atoms with E-state index in [0.29, 0.717) is 65.6 Å². The van der Waals surface area contributed by atoms with Gasteiger partial charge in [0.15, 0.2) is 11.5 Å². The van der Waals surface area contributed by atoms with Gasteiger partial charge in [-0.1, -0.05) is 51.1 Å². The van der Waals surface area contributed by atoms with Crippen LogP contribution in [0.1, 0.15) is 72.4 Å². The van der Waals surface area contributed by atoms with Gasteiger partial charge in [0.05, 0.1) is 23.8 Å². The third-order valence-electron chi connectivity index (χ3n) is 8.50. The van der Waals surface area contributed by atoms with Gasteiger partial charge in [0.25, 0.3) is 5.69 Å². The smallest absolute Gasteiger partial charge is 0.310 e. The molecule has 8 nitrogen and oxygen atoms in total. The third-order valence-corrected chi connectivity index (χ3v) is 8.50. The molecule has 0 amide bonds. The molecule has 6 rings (SSSR count). The standard InChI is InChI=1S/C34H37N3O5/c1-5-41-33(40)20-9-8-15-37(19-20)16-14-35-25-18-27-30(36-24-13-12-21(34(2,3)4)17-26(24)42-27)29-28(25)31(38)22-10-6-7-11-23(22)32(29)39/h6-7,10-13,17-18,20,26,35H,5,8-9,14-16,19H2,1-4H3/p+1/t20-,26?/m1/s1. The number of fused-ring (bicyclic) bond motifs is 5. The zero-order valence-electron chi connectivity index (χ0n) is 24.7. The molecular formula is C34H38N3O5+. The Bertz CT molecular complexity index is 1560. The van der Waals surface area contributed by atoms with Crippen LogP contribution in [0.25, 0.3) is 0 Å². The lowest BCUT2D eigenvalue weighted by molar-refractivity contribution is -0.362. The van der Waals surface area contributed by atoms with E-state index in [4.69, 9.17) is 9.47 Å². The first-order valence-corrected chi connectivity index (χ1v) is 14.9. The zero-order chi connectivity index (χ0) is 29.6. The van der Waals surface area contributed by atoms with Crippen molar-refractivity contribution < 1.29 is 28.8 Å². The zero-order valence-corrected chi connectivity index (χ0v) is 24.7. The van der Waals surface area contributed by atoms with Crippen molar-refractivity contribution in [1.29, 1.82) is 0 Å². The SMILES string of the molecule is CCOC(=O)[C@@H]1CCCN(CCNc2cc3c(c4c2C(=O)c2ccccc2C4=O)[NH+]=C2C=CC(C(C)(C)C)=CC2O3)C1. The van der Waals surface area contributed by atoms with Crippen LogP contribution in [-0.2, 0) is 9.53 Å². The molecule has 4 aliphatic rings. The van der Waals surface area contributed by atoms with Gasteiger partial charge in [-0.05, 0) is 43.4 Å². The van der Waals surface area contributed by atoms with Crippen LogP contribution < -0.4 is 15.0 Å². The second kappa shape index (κ2) is 11.0. The number of carbonyl (C=O) groups is 3. The molecule has 8 heteroatoms. The fraction of sp³-hybridized carbons (Fsp3) is 0.412. The molecule has 1 saturated heterocycles. The maximum absolute atomic E-state index is 13.9. The first-order chi connectivity index (χ1) is 20.2. The highest BCUT2D eigenvalue weighted by atomic mass is 16.5. The van der Waals surface area contributed by atoms with Crippen LogP contribution >= 0.6 is 0 Å². The Morgan fingerprint density at radius 1 is 1.12 bits per heavy atom. The number of nitrogens with zero attached hydrogens (tertiary/aromatic N) is 1. The van der Waals surface area contributed by atoms with Gasteiger partial charge < -0.3 is 19.7 Å². The van der Waals surface area contributed by atoms with E-state index in [9.17, 15) is 14.4 Å². The van der Waals surface area contributed by atoms with Crippen molar-refractivity contribution in [1.82, 2.24) is 4.90 Å². The molecule has 2 aromatic rings. The monoisotopic (exact) mass is 568 g/mol. The predicted octanol–water partition coefficient (Wildman–Crippen LogP) is 3.61. The molecule has 0 spiro atoms. The number of ether oxygens (including phenoxy) is 2. The molecule has 2 atom stereocenters. The average Bonchev–Trinajstić information content (AvgIpc) is 2.98. The summed E-state index contributed by atoms with van der Waals surface area (Å²) >= 11 is 0. The first-order valence-electron chi connectivity index (χ1n) is 14.9. The van der Waals surface area contributed by atoms with E-state index in [1.807, 2.05) is 19.1 Å². The van der Waals surface area contributed by atoms with Gasteiger partial charge in [-0.15, -0.1) is 0 Å². The minimum absolute atomic E-state index is 0.0406. The summed E-state index contributed by atoms with van der Waals surface area (Å²) in [5.41, 5.74) is 4.57. The van der Waals surface area contributed by atoms with Crippen molar-refractivity contribution in [2.75, 3.05) is 38.1 Å². The fourth-order valence-electron chi connectivity index (χ4n) is 6.26. The van der Waals surface area contributed by atoms with Crippen LogP contribution in [-0.4, -0.2) is 67.0 Å². The molecule has 2 aliphatic heterocycles. The number of benzene rings is 2. The molecule has 2 aromatic carbocycles. The molecule has 0 saturated carbocycles. The van der Waals surface area contributed by atoms with Crippen LogP contribution in [0.15, 0.2) is 54.1 Å². The lowest BCUT2D eigenvalue weighted by Gasteiger charge is -2.32. The maximum atomic E-state index is 13.9.